The van der Waals surface area contributed by atoms with E-state index < -0.39 is 23.6 Å². The maximum Gasteiger partial charge on any atom is 0.395 e. The first kappa shape index (κ1) is 10.0. The number of carbonyl (C=O) groups is 1. The van der Waals surface area contributed by atoms with Crippen molar-refractivity contribution in [2.24, 2.45) is 5.92 Å². The van der Waals surface area contributed by atoms with Gasteiger partial charge >= 0.3 is 12.1 Å². The quantitative estimate of drug-likeness (QED) is 0.638. The Hall–Kier alpha value is -1.00. The van der Waals surface area contributed by atoms with Crippen LogP contribution in [0.2, 0.25) is 0 Å². The summed E-state index contributed by atoms with van der Waals surface area (Å²) in [6.07, 6.45) is -4.52. The van der Waals surface area contributed by atoms with E-state index in [0.717, 1.165) is 6.92 Å². The molecule has 0 aromatic heterocycles. The molecule has 0 rings (SSSR count). The van der Waals surface area contributed by atoms with E-state index in [4.69, 9.17) is 5.11 Å². The van der Waals surface area contributed by atoms with Crippen LogP contribution >= 0.6 is 0 Å². The summed E-state index contributed by atoms with van der Waals surface area (Å²) < 4.78 is 35.2. The van der Waals surface area contributed by atoms with E-state index in [1.54, 1.807) is 0 Å². The number of halogens is 3. The molecule has 0 aliphatic heterocycles. The monoisotopic (exact) mass is 168 g/mol. The van der Waals surface area contributed by atoms with Crippen molar-refractivity contribution in [3.63, 3.8) is 0 Å². The van der Waals surface area contributed by atoms with E-state index in [9.17, 15) is 18.0 Å². The van der Waals surface area contributed by atoms with Crippen molar-refractivity contribution >= 4 is 5.97 Å². The van der Waals surface area contributed by atoms with Gasteiger partial charge in [-0.1, -0.05) is 6.58 Å². The van der Waals surface area contributed by atoms with Crippen molar-refractivity contribution in [3.8, 4) is 0 Å². The van der Waals surface area contributed by atoms with Crippen molar-refractivity contribution in [1.82, 2.24) is 0 Å². The largest absolute Gasteiger partial charge is 0.478 e. The van der Waals surface area contributed by atoms with Crippen molar-refractivity contribution < 1.29 is 23.1 Å². The lowest BCUT2D eigenvalue weighted by atomic mass is 10.0. The molecule has 0 spiro atoms. The van der Waals surface area contributed by atoms with Gasteiger partial charge < -0.3 is 5.11 Å². The Balaban J connectivity index is 4.38. The molecule has 1 unspecified atom stereocenters. The normalized spacial score (nSPS) is 14.2. The highest BCUT2D eigenvalue weighted by molar-refractivity contribution is 5.86. The highest BCUT2D eigenvalue weighted by atomic mass is 19.4. The number of alkyl halides is 3. The molecule has 0 aliphatic carbocycles. The van der Waals surface area contributed by atoms with Crippen LogP contribution in [-0.2, 0) is 4.79 Å². The SMILES string of the molecule is C=C(C(=O)O)C(C)C(F)(F)F. The molecule has 0 amide bonds. The standard InChI is InChI=1S/C6H7F3O2/c1-3(5(10)11)4(2)6(7,8)9/h4H,1H2,2H3,(H,10,11). The fraction of sp³-hybridized carbons (Fsp3) is 0.500. The lowest BCUT2D eigenvalue weighted by molar-refractivity contribution is -0.165. The Morgan fingerprint density at radius 1 is 1.55 bits per heavy atom. The van der Waals surface area contributed by atoms with Crippen LogP contribution in [0, 0.1) is 5.92 Å². The Morgan fingerprint density at radius 2 is 1.91 bits per heavy atom. The van der Waals surface area contributed by atoms with Gasteiger partial charge in [0, 0.05) is 5.57 Å². The first-order valence-corrected chi connectivity index (χ1v) is 2.75. The third-order valence-corrected chi connectivity index (χ3v) is 1.29. The highest BCUT2D eigenvalue weighted by Crippen LogP contribution is 2.30. The number of hydrogen-bond donors (Lipinski definition) is 1. The molecule has 0 aromatic carbocycles. The third-order valence-electron chi connectivity index (χ3n) is 1.29. The van der Waals surface area contributed by atoms with Crippen LogP contribution in [0.3, 0.4) is 0 Å². The second kappa shape index (κ2) is 2.94. The predicted molar refractivity (Wildman–Crippen MR) is 32.0 cm³/mol. The van der Waals surface area contributed by atoms with Crippen LogP contribution in [0.15, 0.2) is 12.2 Å². The molecule has 5 heteroatoms. The fourth-order valence-corrected chi connectivity index (χ4v) is 0.383. The van der Waals surface area contributed by atoms with Crippen LogP contribution < -0.4 is 0 Å². The molecular formula is C6H7F3O2. The van der Waals surface area contributed by atoms with Gasteiger partial charge in [0.1, 0.15) is 0 Å². The first-order valence-electron chi connectivity index (χ1n) is 2.75. The van der Waals surface area contributed by atoms with E-state index in [0.29, 0.717) is 0 Å². The maximum atomic E-state index is 11.7. The number of hydrogen-bond acceptors (Lipinski definition) is 1. The summed E-state index contributed by atoms with van der Waals surface area (Å²) in [6, 6.07) is 0. The molecule has 0 saturated heterocycles. The van der Waals surface area contributed by atoms with E-state index >= 15 is 0 Å². The van der Waals surface area contributed by atoms with E-state index in [2.05, 4.69) is 6.58 Å². The number of carboxylic acid groups (broad SMARTS) is 1. The van der Waals surface area contributed by atoms with Gasteiger partial charge in [0.15, 0.2) is 0 Å². The minimum Gasteiger partial charge on any atom is -0.478 e. The molecule has 0 saturated carbocycles. The zero-order chi connectivity index (χ0) is 9.23. The molecule has 0 aromatic rings. The van der Waals surface area contributed by atoms with Gasteiger partial charge in [0.05, 0.1) is 5.92 Å². The van der Waals surface area contributed by atoms with Crippen molar-refractivity contribution in [1.29, 1.82) is 0 Å². The average Bonchev–Trinajstić information content (AvgIpc) is 1.82. The van der Waals surface area contributed by atoms with Crippen molar-refractivity contribution in [2.75, 3.05) is 0 Å². The van der Waals surface area contributed by atoms with Gasteiger partial charge in [-0.25, -0.2) is 4.79 Å². The van der Waals surface area contributed by atoms with Gasteiger partial charge in [-0.05, 0) is 6.92 Å². The van der Waals surface area contributed by atoms with E-state index in [-0.39, 0.29) is 0 Å². The van der Waals surface area contributed by atoms with Crippen LogP contribution in [0.5, 0.6) is 0 Å². The summed E-state index contributed by atoms with van der Waals surface area (Å²) >= 11 is 0. The lowest BCUT2D eigenvalue weighted by Crippen LogP contribution is -2.24. The molecule has 1 N–H and O–H groups in total. The zero-order valence-corrected chi connectivity index (χ0v) is 5.77. The van der Waals surface area contributed by atoms with Crippen LogP contribution in [-0.4, -0.2) is 17.3 Å². The van der Waals surface area contributed by atoms with Gasteiger partial charge in [-0.3, -0.25) is 0 Å². The summed E-state index contributed by atoms with van der Waals surface area (Å²) in [6.45, 7) is 3.56. The lowest BCUT2D eigenvalue weighted by Gasteiger charge is -2.14. The molecule has 0 aliphatic rings. The van der Waals surface area contributed by atoms with E-state index in [1.807, 2.05) is 0 Å². The summed E-state index contributed by atoms with van der Waals surface area (Å²) in [5.41, 5.74) is -0.836. The molecule has 64 valence electrons. The van der Waals surface area contributed by atoms with Crippen LogP contribution in [0.4, 0.5) is 13.2 Å². The smallest absolute Gasteiger partial charge is 0.395 e. The number of aliphatic carboxylic acids is 1. The second-order valence-corrected chi connectivity index (χ2v) is 2.09. The summed E-state index contributed by atoms with van der Waals surface area (Å²) in [5.74, 6) is -3.60. The Morgan fingerprint density at radius 3 is 2.00 bits per heavy atom. The molecule has 0 fully saturated rings. The Kier molecular flexibility index (Phi) is 2.67. The minimum atomic E-state index is -4.52. The Bertz CT molecular complexity index is 183. The molecule has 0 radical (unpaired) electrons. The number of carboxylic acids is 1. The number of rotatable bonds is 2. The van der Waals surface area contributed by atoms with Gasteiger partial charge in [-0.2, -0.15) is 13.2 Å². The highest BCUT2D eigenvalue weighted by Gasteiger charge is 2.39. The molecular weight excluding hydrogens is 161 g/mol. The molecule has 0 bridgehead atoms. The summed E-state index contributed by atoms with van der Waals surface area (Å²) in [4.78, 5) is 9.99. The van der Waals surface area contributed by atoms with E-state index in [1.165, 1.54) is 0 Å². The Labute approximate surface area is 61.3 Å². The minimum absolute atomic E-state index is 0.760. The second-order valence-electron chi connectivity index (χ2n) is 2.09. The topological polar surface area (TPSA) is 37.3 Å². The summed E-state index contributed by atoms with van der Waals surface area (Å²) in [7, 11) is 0. The average molecular weight is 168 g/mol. The third kappa shape index (κ3) is 2.61. The first-order chi connectivity index (χ1) is 4.76. The van der Waals surface area contributed by atoms with Gasteiger partial charge in [-0.15, -0.1) is 0 Å². The zero-order valence-electron chi connectivity index (χ0n) is 5.77. The summed E-state index contributed by atoms with van der Waals surface area (Å²) in [5, 5.41) is 8.12. The van der Waals surface area contributed by atoms with Crippen LogP contribution in [0.1, 0.15) is 6.92 Å². The fourth-order valence-electron chi connectivity index (χ4n) is 0.383. The molecule has 11 heavy (non-hydrogen) atoms. The predicted octanol–water partition coefficient (Wildman–Crippen LogP) is 1.83. The molecule has 2 nitrogen and oxygen atoms in total. The van der Waals surface area contributed by atoms with Gasteiger partial charge in [0.25, 0.3) is 0 Å². The molecule has 0 heterocycles. The van der Waals surface area contributed by atoms with Gasteiger partial charge in [0.2, 0.25) is 0 Å². The van der Waals surface area contributed by atoms with Crippen LogP contribution in [0.25, 0.3) is 0 Å². The maximum absolute atomic E-state index is 11.7. The van der Waals surface area contributed by atoms with Crippen molar-refractivity contribution in [3.05, 3.63) is 12.2 Å². The van der Waals surface area contributed by atoms with Crippen molar-refractivity contribution in [2.45, 2.75) is 13.1 Å². The molecule has 1 atom stereocenters.